The monoisotopic (exact) mass is 500 g/mol. The van der Waals surface area contributed by atoms with Crippen LogP contribution in [0.25, 0.3) is 6.08 Å². The molecular weight excluding hydrogens is 485 g/mol. The number of benzene rings is 2. The molecule has 0 fully saturated rings. The van der Waals surface area contributed by atoms with Gasteiger partial charge in [-0.15, -0.1) is 0 Å². The van der Waals surface area contributed by atoms with Gasteiger partial charge in [-0.1, -0.05) is 29.8 Å². The van der Waals surface area contributed by atoms with Gasteiger partial charge in [0.1, 0.15) is 0 Å². The average molecular weight is 502 g/mol. The van der Waals surface area contributed by atoms with Gasteiger partial charge in [-0.05, 0) is 63.3 Å². The maximum Gasteiger partial charge on any atom is 0.416 e. The summed E-state index contributed by atoms with van der Waals surface area (Å²) in [7, 11) is 0. The van der Waals surface area contributed by atoms with Gasteiger partial charge >= 0.3 is 6.18 Å². The van der Waals surface area contributed by atoms with Crippen molar-refractivity contribution in [2.45, 2.75) is 19.1 Å². The number of nitrogens with zero attached hydrogens (tertiary/aromatic N) is 1. The first-order valence-electron chi connectivity index (χ1n) is 9.02. The maximum atomic E-state index is 12.6. The molecule has 0 atom stereocenters. The van der Waals surface area contributed by atoms with Crippen LogP contribution >= 0.6 is 27.5 Å². The molecule has 1 aliphatic heterocycles. The van der Waals surface area contributed by atoms with Gasteiger partial charge in [0, 0.05) is 23.6 Å². The topological polar surface area (TPSA) is 49.4 Å². The van der Waals surface area contributed by atoms with Crippen LogP contribution in [0.4, 0.5) is 13.2 Å². The third-order valence-electron chi connectivity index (χ3n) is 4.72. The van der Waals surface area contributed by atoms with Crippen molar-refractivity contribution in [3.8, 4) is 0 Å². The average Bonchev–Trinajstić information content (AvgIpc) is 2.72. The lowest BCUT2D eigenvalue weighted by atomic mass is 10.00. The zero-order chi connectivity index (χ0) is 21.9. The number of fused-ring (bicyclic) bond motifs is 1. The summed E-state index contributed by atoms with van der Waals surface area (Å²) in [5.41, 5.74) is 1.67. The smallest absolute Gasteiger partial charge is 0.343 e. The summed E-state index contributed by atoms with van der Waals surface area (Å²) in [5, 5.41) is 3.15. The van der Waals surface area contributed by atoms with E-state index in [2.05, 4.69) is 21.2 Å². The largest absolute Gasteiger partial charge is 0.416 e. The van der Waals surface area contributed by atoms with Crippen molar-refractivity contribution in [1.29, 1.82) is 0 Å². The van der Waals surface area contributed by atoms with Crippen LogP contribution in [-0.4, -0.2) is 29.8 Å². The van der Waals surface area contributed by atoms with Gasteiger partial charge in [0.15, 0.2) is 0 Å². The van der Waals surface area contributed by atoms with Gasteiger partial charge in [-0.3, -0.25) is 9.59 Å². The van der Waals surface area contributed by atoms with E-state index in [1.807, 2.05) is 12.1 Å². The highest BCUT2D eigenvalue weighted by atomic mass is 79.9. The predicted molar refractivity (Wildman–Crippen MR) is 112 cm³/mol. The number of hydrogen-bond acceptors (Lipinski definition) is 2. The first kappa shape index (κ1) is 22.4. The van der Waals surface area contributed by atoms with Crippen molar-refractivity contribution < 1.29 is 22.8 Å². The number of carbonyl (C=O) groups is 2. The van der Waals surface area contributed by atoms with Gasteiger partial charge < -0.3 is 10.2 Å². The standard InChI is InChI=1S/C21H17BrClF3N2O2/c22-17-7-4-14-12-28(10-9-16(14)20(17)23)19(30)11-27-18(29)8-3-13-1-5-15(6-2-13)21(24,25)26/h1-8H,9-12H2,(H,27,29)/b8-3+. The molecule has 30 heavy (non-hydrogen) atoms. The number of hydrogen-bond donors (Lipinski definition) is 1. The van der Waals surface area contributed by atoms with Crippen LogP contribution in [-0.2, 0) is 28.7 Å². The zero-order valence-electron chi connectivity index (χ0n) is 15.6. The Morgan fingerprint density at radius 1 is 1.17 bits per heavy atom. The molecule has 2 aromatic carbocycles. The fraction of sp³-hybridized carbons (Fsp3) is 0.238. The molecule has 0 aromatic heterocycles. The predicted octanol–water partition coefficient (Wildman–Crippen LogP) is 4.84. The van der Waals surface area contributed by atoms with Gasteiger partial charge in [-0.25, -0.2) is 0 Å². The minimum atomic E-state index is -4.41. The number of amides is 2. The highest BCUT2D eigenvalue weighted by molar-refractivity contribution is 9.10. The Hall–Kier alpha value is -2.32. The Balaban J connectivity index is 1.51. The molecule has 9 heteroatoms. The lowest BCUT2D eigenvalue weighted by Crippen LogP contribution is -2.42. The molecule has 158 valence electrons. The van der Waals surface area contributed by atoms with Crippen LogP contribution in [0, 0.1) is 0 Å². The van der Waals surface area contributed by atoms with Crippen LogP contribution in [0.15, 0.2) is 46.9 Å². The van der Waals surface area contributed by atoms with Crippen molar-refractivity contribution in [3.05, 3.63) is 74.2 Å². The van der Waals surface area contributed by atoms with E-state index >= 15 is 0 Å². The minimum Gasteiger partial charge on any atom is -0.343 e. The first-order valence-corrected chi connectivity index (χ1v) is 10.2. The molecule has 4 nitrogen and oxygen atoms in total. The van der Waals surface area contributed by atoms with Crippen molar-refractivity contribution >= 4 is 45.4 Å². The van der Waals surface area contributed by atoms with Crippen molar-refractivity contribution in [3.63, 3.8) is 0 Å². The summed E-state index contributed by atoms with van der Waals surface area (Å²) in [4.78, 5) is 26.0. The molecule has 0 unspecified atom stereocenters. The summed E-state index contributed by atoms with van der Waals surface area (Å²) in [5.74, 6) is -0.733. The van der Waals surface area contributed by atoms with E-state index in [0.717, 1.165) is 27.7 Å². The van der Waals surface area contributed by atoms with Crippen LogP contribution in [0.5, 0.6) is 0 Å². The minimum absolute atomic E-state index is 0.171. The molecule has 0 aliphatic carbocycles. The molecule has 0 saturated heterocycles. The van der Waals surface area contributed by atoms with Crippen LogP contribution in [0.3, 0.4) is 0 Å². The summed E-state index contributed by atoms with van der Waals surface area (Å²) in [6.45, 7) is 0.744. The van der Waals surface area contributed by atoms with Gasteiger partial charge in [0.25, 0.3) is 0 Å². The molecule has 0 radical (unpaired) electrons. The van der Waals surface area contributed by atoms with Gasteiger partial charge in [-0.2, -0.15) is 13.2 Å². The van der Waals surface area contributed by atoms with E-state index in [-0.39, 0.29) is 12.5 Å². The van der Waals surface area contributed by atoms with E-state index in [1.165, 1.54) is 24.3 Å². The highest BCUT2D eigenvalue weighted by Crippen LogP contribution is 2.32. The summed E-state index contributed by atoms with van der Waals surface area (Å²) >= 11 is 9.67. The van der Waals surface area contributed by atoms with Crippen LogP contribution in [0.1, 0.15) is 22.3 Å². The third-order valence-corrected chi connectivity index (χ3v) is 6.04. The molecule has 0 spiro atoms. The normalized spacial score (nSPS) is 14.0. The van der Waals surface area contributed by atoms with Crippen LogP contribution in [0.2, 0.25) is 5.02 Å². The SMILES string of the molecule is O=C(/C=C/c1ccc(C(F)(F)F)cc1)NCC(=O)N1CCc2c(ccc(Br)c2Cl)C1. The van der Waals surface area contributed by atoms with E-state index in [0.29, 0.717) is 30.1 Å². The Morgan fingerprint density at radius 3 is 2.53 bits per heavy atom. The lowest BCUT2D eigenvalue weighted by Gasteiger charge is -2.29. The number of rotatable bonds is 4. The number of nitrogens with one attached hydrogen (secondary N) is 1. The molecule has 1 heterocycles. The summed E-state index contributed by atoms with van der Waals surface area (Å²) in [6.07, 6.45) is -1.21. The number of halogens is 5. The second kappa shape index (κ2) is 9.22. The number of alkyl halides is 3. The summed E-state index contributed by atoms with van der Waals surface area (Å²) in [6, 6.07) is 8.18. The first-order chi connectivity index (χ1) is 14.1. The van der Waals surface area contributed by atoms with E-state index < -0.39 is 17.6 Å². The molecule has 1 N–H and O–H groups in total. The van der Waals surface area contributed by atoms with Gasteiger partial charge in [0.2, 0.25) is 11.8 Å². The molecule has 2 amide bonds. The maximum absolute atomic E-state index is 12.6. The fourth-order valence-corrected chi connectivity index (χ4v) is 3.73. The third kappa shape index (κ3) is 5.43. The molecular formula is C21H17BrClF3N2O2. The Morgan fingerprint density at radius 2 is 1.87 bits per heavy atom. The Bertz CT molecular complexity index is 991. The number of carbonyl (C=O) groups excluding carboxylic acids is 2. The molecule has 3 rings (SSSR count). The van der Waals surface area contributed by atoms with E-state index in [9.17, 15) is 22.8 Å². The van der Waals surface area contributed by atoms with Gasteiger partial charge in [0.05, 0.1) is 17.1 Å². The second-order valence-electron chi connectivity index (χ2n) is 6.74. The van der Waals surface area contributed by atoms with E-state index in [4.69, 9.17) is 11.6 Å². The van der Waals surface area contributed by atoms with Crippen LogP contribution < -0.4 is 5.32 Å². The molecule has 0 bridgehead atoms. The van der Waals surface area contributed by atoms with Crippen molar-refractivity contribution in [2.75, 3.05) is 13.1 Å². The van der Waals surface area contributed by atoms with Crippen molar-refractivity contribution in [1.82, 2.24) is 10.2 Å². The highest BCUT2D eigenvalue weighted by Gasteiger charge is 2.29. The zero-order valence-corrected chi connectivity index (χ0v) is 17.9. The fourth-order valence-electron chi connectivity index (χ4n) is 3.08. The Kier molecular flexibility index (Phi) is 6.88. The van der Waals surface area contributed by atoms with Crippen molar-refractivity contribution in [2.24, 2.45) is 0 Å². The molecule has 0 saturated carbocycles. The molecule has 1 aliphatic rings. The summed E-state index contributed by atoms with van der Waals surface area (Å²) < 4.78 is 38.5. The quantitative estimate of drug-likeness (QED) is 0.610. The Labute approximate surface area is 184 Å². The second-order valence-corrected chi connectivity index (χ2v) is 7.97. The molecule has 2 aromatic rings. The van der Waals surface area contributed by atoms with E-state index in [1.54, 1.807) is 4.90 Å². The lowest BCUT2D eigenvalue weighted by molar-refractivity contribution is -0.137.